The van der Waals surface area contributed by atoms with Gasteiger partial charge in [-0.15, -0.1) is 24.0 Å². The summed E-state index contributed by atoms with van der Waals surface area (Å²) in [5.74, 6) is 0.0777. The Hall–Kier alpha value is -1.42. The van der Waals surface area contributed by atoms with E-state index in [1.165, 1.54) is 17.7 Å². The van der Waals surface area contributed by atoms with Gasteiger partial charge in [-0.3, -0.25) is 4.99 Å². The third-order valence-electron chi connectivity index (χ3n) is 4.69. The summed E-state index contributed by atoms with van der Waals surface area (Å²) in [4.78, 5) is 6.22. The van der Waals surface area contributed by atoms with E-state index in [9.17, 15) is 8.78 Å². The van der Waals surface area contributed by atoms with Crippen LogP contribution in [0.5, 0.6) is 0 Å². The van der Waals surface area contributed by atoms with Gasteiger partial charge in [-0.2, -0.15) is 11.3 Å². The fraction of sp³-hybridized carbons (Fsp3) is 0.421. The van der Waals surface area contributed by atoms with Crippen LogP contribution in [0.1, 0.15) is 24.8 Å². The Bertz CT molecular complexity index is 754. The van der Waals surface area contributed by atoms with Gasteiger partial charge in [-0.25, -0.2) is 8.78 Å². The number of nitrogens with zero attached hydrogens (tertiary/aromatic N) is 2. The molecule has 0 aliphatic carbocycles. The van der Waals surface area contributed by atoms with Gasteiger partial charge in [0.25, 0.3) is 0 Å². The van der Waals surface area contributed by atoms with Crippen LogP contribution in [0.25, 0.3) is 0 Å². The minimum Gasteiger partial charge on any atom is -0.367 e. The third kappa shape index (κ3) is 5.78. The Balaban J connectivity index is 0.00000261. The highest BCUT2D eigenvalue weighted by atomic mass is 127. The first kappa shape index (κ1) is 21.9. The van der Waals surface area contributed by atoms with E-state index in [4.69, 9.17) is 0 Å². The lowest BCUT2D eigenvalue weighted by Crippen LogP contribution is -2.45. The number of nitrogens with one attached hydrogen (secondary N) is 2. The fourth-order valence-electron chi connectivity index (χ4n) is 3.15. The van der Waals surface area contributed by atoms with Gasteiger partial charge in [0.2, 0.25) is 0 Å². The summed E-state index contributed by atoms with van der Waals surface area (Å²) in [6, 6.07) is 6.04. The summed E-state index contributed by atoms with van der Waals surface area (Å²) in [7, 11) is 1.75. The number of anilines is 1. The second kappa shape index (κ2) is 10.2. The largest absolute Gasteiger partial charge is 0.367 e. The van der Waals surface area contributed by atoms with Crippen molar-refractivity contribution in [1.82, 2.24) is 10.6 Å². The first-order valence-corrected chi connectivity index (χ1v) is 9.70. The summed E-state index contributed by atoms with van der Waals surface area (Å²) in [5.41, 5.74) is 1.77. The summed E-state index contributed by atoms with van der Waals surface area (Å²) < 4.78 is 27.1. The number of guanidine groups is 1. The number of aliphatic imine (C=N–C) groups is 1. The van der Waals surface area contributed by atoms with Crippen molar-refractivity contribution in [2.45, 2.75) is 25.3 Å². The Morgan fingerprint density at radius 1 is 1.37 bits per heavy atom. The summed E-state index contributed by atoms with van der Waals surface area (Å²) in [5, 5.41) is 11.0. The highest BCUT2D eigenvalue weighted by Crippen LogP contribution is 2.24. The van der Waals surface area contributed by atoms with Crippen LogP contribution < -0.4 is 15.5 Å². The van der Waals surface area contributed by atoms with Crippen LogP contribution in [0, 0.1) is 11.6 Å². The second-order valence-corrected chi connectivity index (χ2v) is 7.36. The summed E-state index contributed by atoms with van der Waals surface area (Å²) >= 11 is 1.70. The van der Waals surface area contributed by atoms with E-state index >= 15 is 0 Å². The van der Waals surface area contributed by atoms with Crippen LogP contribution in [0.4, 0.5) is 14.5 Å². The minimum absolute atomic E-state index is 0. The zero-order chi connectivity index (χ0) is 18.5. The normalized spacial score (nSPS) is 18.1. The van der Waals surface area contributed by atoms with E-state index in [2.05, 4.69) is 39.4 Å². The summed E-state index contributed by atoms with van der Waals surface area (Å²) in [6.45, 7) is 4.35. The predicted octanol–water partition coefficient (Wildman–Crippen LogP) is 4.19. The van der Waals surface area contributed by atoms with Gasteiger partial charge in [0, 0.05) is 38.8 Å². The van der Waals surface area contributed by atoms with Crippen molar-refractivity contribution in [3.05, 3.63) is 52.2 Å². The van der Waals surface area contributed by atoms with Gasteiger partial charge in [-0.1, -0.05) is 6.92 Å². The molecule has 2 unspecified atom stereocenters. The lowest BCUT2D eigenvalue weighted by Gasteiger charge is -2.21. The molecule has 0 spiro atoms. The number of halogens is 3. The van der Waals surface area contributed by atoms with Crippen LogP contribution in [0.15, 0.2) is 40.0 Å². The molecule has 0 amide bonds. The Morgan fingerprint density at radius 3 is 2.85 bits per heavy atom. The summed E-state index contributed by atoms with van der Waals surface area (Å²) in [6.07, 6.45) is 0.873. The lowest BCUT2D eigenvalue weighted by atomic mass is 10.1. The SMILES string of the molecule is CN=C(NCC(C)c1ccsc1)NC1CCN(c2ccc(F)cc2F)C1.I. The van der Waals surface area contributed by atoms with Crippen molar-refractivity contribution >= 4 is 47.0 Å². The molecule has 1 fully saturated rings. The molecule has 3 rings (SSSR count). The molecule has 148 valence electrons. The Labute approximate surface area is 180 Å². The van der Waals surface area contributed by atoms with Gasteiger partial charge in [-0.05, 0) is 46.9 Å². The van der Waals surface area contributed by atoms with Crippen molar-refractivity contribution < 1.29 is 8.78 Å². The number of thiophene rings is 1. The monoisotopic (exact) mass is 506 g/mol. The van der Waals surface area contributed by atoms with Crippen molar-refractivity contribution in [1.29, 1.82) is 0 Å². The van der Waals surface area contributed by atoms with Crippen molar-refractivity contribution in [2.24, 2.45) is 4.99 Å². The van der Waals surface area contributed by atoms with Gasteiger partial charge in [0.1, 0.15) is 11.6 Å². The quantitative estimate of drug-likeness (QED) is 0.363. The molecule has 2 N–H and O–H groups in total. The smallest absolute Gasteiger partial charge is 0.191 e. The molecular weight excluding hydrogens is 481 g/mol. The van der Waals surface area contributed by atoms with E-state index in [1.54, 1.807) is 18.4 Å². The molecule has 8 heteroatoms. The van der Waals surface area contributed by atoms with Crippen molar-refractivity contribution in [3.8, 4) is 0 Å². The molecule has 2 heterocycles. The maximum atomic E-state index is 14.0. The maximum absolute atomic E-state index is 14.0. The molecule has 27 heavy (non-hydrogen) atoms. The Morgan fingerprint density at radius 2 is 2.19 bits per heavy atom. The third-order valence-corrected chi connectivity index (χ3v) is 5.39. The molecule has 1 aromatic heterocycles. The lowest BCUT2D eigenvalue weighted by molar-refractivity contribution is 0.580. The molecule has 1 aliphatic rings. The van der Waals surface area contributed by atoms with Gasteiger partial charge >= 0.3 is 0 Å². The average Bonchev–Trinajstić information content (AvgIpc) is 3.30. The molecule has 1 aliphatic heterocycles. The predicted molar refractivity (Wildman–Crippen MR) is 120 cm³/mol. The zero-order valence-corrected chi connectivity index (χ0v) is 18.6. The number of rotatable bonds is 5. The highest BCUT2D eigenvalue weighted by Gasteiger charge is 2.25. The number of hydrogen-bond donors (Lipinski definition) is 2. The molecule has 0 bridgehead atoms. The van der Waals surface area contributed by atoms with E-state index in [-0.39, 0.29) is 30.0 Å². The maximum Gasteiger partial charge on any atom is 0.191 e. The molecule has 1 aromatic carbocycles. The van der Waals surface area contributed by atoms with Gasteiger partial charge in [0.15, 0.2) is 5.96 Å². The van der Waals surface area contributed by atoms with E-state index in [1.807, 2.05) is 4.90 Å². The van der Waals surface area contributed by atoms with Gasteiger partial charge in [0.05, 0.1) is 5.69 Å². The minimum atomic E-state index is -0.551. The van der Waals surface area contributed by atoms with Gasteiger partial charge < -0.3 is 15.5 Å². The van der Waals surface area contributed by atoms with Crippen LogP contribution in [-0.4, -0.2) is 38.7 Å². The first-order valence-electron chi connectivity index (χ1n) is 8.76. The highest BCUT2D eigenvalue weighted by molar-refractivity contribution is 14.0. The van der Waals surface area contributed by atoms with Crippen LogP contribution >= 0.6 is 35.3 Å². The number of hydrogen-bond acceptors (Lipinski definition) is 3. The van der Waals surface area contributed by atoms with E-state index < -0.39 is 11.6 Å². The fourth-order valence-corrected chi connectivity index (χ4v) is 3.93. The number of benzene rings is 1. The second-order valence-electron chi connectivity index (χ2n) is 6.58. The topological polar surface area (TPSA) is 39.7 Å². The van der Waals surface area contributed by atoms with E-state index in [0.29, 0.717) is 18.2 Å². The average molecular weight is 506 g/mol. The van der Waals surface area contributed by atoms with Crippen molar-refractivity contribution in [2.75, 3.05) is 31.6 Å². The molecule has 2 atom stereocenters. The van der Waals surface area contributed by atoms with Crippen molar-refractivity contribution in [3.63, 3.8) is 0 Å². The zero-order valence-electron chi connectivity index (χ0n) is 15.4. The molecule has 1 saturated heterocycles. The standard InChI is InChI=1S/C19H24F2N4S.HI/c1-13(14-6-8-26-12-14)10-23-19(22-2)24-16-5-7-25(11-16)18-4-3-15(20)9-17(18)21;/h3-4,6,8-9,12-13,16H,5,7,10-11H2,1-2H3,(H2,22,23,24);1H. The van der Waals surface area contributed by atoms with Crippen LogP contribution in [0.3, 0.4) is 0 Å². The first-order chi connectivity index (χ1) is 12.6. The molecule has 0 saturated carbocycles. The van der Waals surface area contributed by atoms with Crippen LogP contribution in [-0.2, 0) is 0 Å². The molecular formula is C19H25F2IN4S. The van der Waals surface area contributed by atoms with Crippen LogP contribution in [0.2, 0.25) is 0 Å². The Kier molecular flexibility index (Phi) is 8.28. The molecule has 4 nitrogen and oxygen atoms in total. The van der Waals surface area contributed by atoms with E-state index in [0.717, 1.165) is 31.5 Å². The molecule has 0 radical (unpaired) electrons. The molecule has 2 aromatic rings.